The van der Waals surface area contributed by atoms with Crippen LogP contribution in [-0.2, 0) is 0 Å². The van der Waals surface area contributed by atoms with Crippen LogP contribution < -0.4 is 10.6 Å². The Morgan fingerprint density at radius 2 is 1.55 bits per heavy atom. The van der Waals surface area contributed by atoms with Gasteiger partial charge in [-0.25, -0.2) is 0 Å². The third kappa shape index (κ3) is 3.27. The lowest BCUT2D eigenvalue weighted by atomic mass is 9.98. The van der Waals surface area contributed by atoms with Crippen LogP contribution in [0.3, 0.4) is 0 Å². The maximum absolute atomic E-state index is 3.73. The van der Waals surface area contributed by atoms with Crippen LogP contribution in [0.4, 0.5) is 0 Å². The van der Waals surface area contributed by atoms with Gasteiger partial charge >= 0.3 is 0 Å². The summed E-state index contributed by atoms with van der Waals surface area (Å²) >= 11 is 0. The SMILES string of the molecule is c1ccc(C(NC[C@@H]2CCCN2)c2ccccc2)cc1. The van der Waals surface area contributed by atoms with Crippen LogP contribution in [0.1, 0.15) is 30.0 Å². The van der Waals surface area contributed by atoms with E-state index >= 15 is 0 Å². The predicted octanol–water partition coefficient (Wildman–Crippen LogP) is 3.12. The van der Waals surface area contributed by atoms with Crippen LogP contribution >= 0.6 is 0 Å². The summed E-state index contributed by atoms with van der Waals surface area (Å²) in [4.78, 5) is 0. The van der Waals surface area contributed by atoms with Gasteiger partial charge in [-0.05, 0) is 30.5 Å². The molecule has 0 aliphatic carbocycles. The van der Waals surface area contributed by atoms with Crippen LogP contribution in [-0.4, -0.2) is 19.1 Å². The van der Waals surface area contributed by atoms with Crippen molar-refractivity contribution in [3.63, 3.8) is 0 Å². The average Bonchev–Trinajstić information content (AvgIpc) is 3.03. The summed E-state index contributed by atoms with van der Waals surface area (Å²) in [6.45, 7) is 2.18. The molecule has 1 fully saturated rings. The van der Waals surface area contributed by atoms with Gasteiger partial charge in [0.1, 0.15) is 0 Å². The first-order valence-electron chi connectivity index (χ1n) is 7.50. The molecule has 0 saturated carbocycles. The van der Waals surface area contributed by atoms with Gasteiger partial charge in [-0.2, -0.15) is 0 Å². The molecule has 0 radical (unpaired) electrons. The first-order chi connectivity index (χ1) is 9.93. The molecule has 1 atom stereocenters. The van der Waals surface area contributed by atoms with Crippen molar-refractivity contribution in [3.8, 4) is 0 Å². The predicted molar refractivity (Wildman–Crippen MR) is 83.8 cm³/mol. The fraction of sp³-hybridized carbons (Fsp3) is 0.333. The van der Waals surface area contributed by atoms with Gasteiger partial charge in [0, 0.05) is 12.6 Å². The molecule has 2 heteroatoms. The average molecular weight is 266 g/mol. The van der Waals surface area contributed by atoms with Crippen molar-refractivity contribution in [2.75, 3.05) is 13.1 Å². The highest BCUT2D eigenvalue weighted by Crippen LogP contribution is 2.22. The molecule has 0 unspecified atom stereocenters. The Balaban J connectivity index is 1.76. The van der Waals surface area contributed by atoms with E-state index < -0.39 is 0 Å². The quantitative estimate of drug-likeness (QED) is 0.869. The Bertz CT molecular complexity index is 464. The maximum Gasteiger partial charge on any atom is 0.0577 e. The van der Waals surface area contributed by atoms with Gasteiger partial charge in [0.2, 0.25) is 0 Å². The molecule has 1 heterocycles. The molecule has 2 N–H and O–H groups in total. The van der Waals surface area contributed by atoms with E-state index in [0.29, 0.717) is 6.04 Å². The Morgan fingerprint density at radius 1 is 0.950 bits per heavy atom. The van der Waals surface area contributed by atoms with E-state index in [1.165, 1.54) is 24.0 Å². The maximum atomic E-state index is 3.73. The number of hydrogen-bond donors (Lipinski definition) is 2. The van der Waals surface area contributed by atoms with E-state index in [-0.39, 0.29) is 6.04 Å². The zero-order valence-electron chi connectivity index (χ0n) is 11.8. The Labute approximate surface area is 121 Å². The standard InChI is InChI=1S/C18H22N2/c1-3-8-15(9-4-1)18(16-10-5-2-6-11-16)20-14-17-12-7-13-19-17/h1-6,8-11,17-20H,7,12-14H2/t17-/m0/s1. The van der Waals surface area contributed by atoms with Crippen LogP contribution in [0, 0.1) is 0 Å². The molecule has 1 saturated heterocycles. The van der Waals surface area contributed by atoms with E-state index in [2.05, 4.69) is 71.3 Å². The van der Waals surface area contributed by atoms with E-state index in [0.717, 1.165) is 13.1 Å². The Kier molecular flexibility index (Phi) is 4.46. The first-order valence-corrected chi connectivity index (χ1v) is 7.50. The summed E-state index contributed by atoms with van der Waals surface area (Å²) in [5.41, 5.74) is 2.66. The summed E-state index contributed by atoms with van der Waals surface area (Å²) in [7, 11) is 0. The highest BCUT2D eigenvalue weighted by atomic mass is 15.0. The molecule has 20 heavy (non-hydrogen) atoms. The van der Waals surface area contributed by atoms with Gasteiger partial charge in [-0.1, -0.05) is 60.7 Å². The van der Waals surface area contributed by atoms with E-state index in [1.807, 2.05) is 0 Å². The zero-order valence-corrected chi connectivity index (χ0v) is 11.8. The van der Waals surface area contributed by atoms with Crippen LogP contribution in [0.15, 0.2) is 60.7 Å². The fourth-order valence-electron chi connectivity index (χ4n) is 2.91. The Hall–Kier alpha value is -1.64. The molecule has 1 aliphatic heterocycles. The summed E-state index contributed by atoms with van der Waals surface area (Å²) in [5.74, 6) is 0. The number of hydrogen-bond acceptors (Lipinski definition) is 2. The normalized spacial score (nSPS) is 18.6. The van der Waals surface area contributed by atoms with E-state index in [4.69, 9.17) is 0 Å². The molecule has 104 valence electrons. The minimum absolute atomic E-state index is 0.278. The smallest absolute Gasteiger partial charge is 0.0577 e. The number of rotatable bonds is 5. The molecule has 2 aromatic carbocycles. The molecular weight excluding hydrogens is 244 g/mol. The van der Waals surface area contributed by atoms with Crippen molar-refractivity contribution < 1.29 is 0 Å². The van der Waals surface area contributed by atoms with Crippen LogP contribution in [0.2, 0.25) is 0 Å². The largest absolute Gasteiger partial charge is 0.313 e. The van der Waals surface area contributed by atoms with Gasteiger partial charge in [-0.15, -0.1) is 0 Å². The molecular formula is C18H22N2. The second-order valence-corrected chi connectivity index (χ2v) is 5.46. The molecule has 3 rings (SSSR count). The molecule has 2 nitrogen and oxygen atoms in total. The van der Waals surface area contributed by atoms with Crippen molar-refractivity contribution in [2.24, 2.45) is 0 Å². The van der Waals surface area contributed by atoms with Crippen molar-refractivity contribution in [1.29, 1.82) is 0 Å². The van der Waals surface area contributed by atoms with Crippen LogP contribution in [0.25, 0.3) is 0 Å². The summed E-state index contributed by atoms with van der Waals surface area (Å²) in [6.07, 6.45) is 2.58. The van der Waals surface area contributed by atoms with Gasteiger partial charge in [0.25, 0.3) is 0 Å². The van der Waals surface area contributed by atoms with Crippen LogP contribution in [0.5, 0.6) is 0 Å². The van der Waals surface area contributed by atoms with Crippen molar-refractivity contribution in [2.45, 2.75) is 24.9 Å². The summed E-state index contributed by atoms with van der Waals surface area (Å²) < 4.78 is 0. The molecule has 0 aromatic heterocycles. The minimum Gasteiger partial charge on any atom is -0.313 e. The summed E-state index contributed by atoms with van der Waals surface area (Å²) in [6, 6.07) is 22.3. The second kappa shape index (κ2) is 6.69. The third-order valence-electron chi connectivity index (χ3n) is 4.00. The second-order valence-electron chi connectivity index (χ2n) is 5.46. The zero-order chi connectivity index (χ0) is 13.6. The third-order valence-corrected chi connectivity index (χ3v) is 4.00. The van der Waals surface area contributed by atoms with E-state index in [1.54, 1.807) is 0 Å². The molecule has 1 aliphatic rings. The lowest BCUT2D eigenvalue weighted by molar-refractivity contribution is 0.504. The molecule has 0 amide bonds. The first kappa shape index (κ1) is 13.3. The molecule has 0 bridgehead atoms. The van der Waals surface area contributed by atoms with Crippen molar-refractivity contribution in [3.05, 3.63) is 71.8 Å². The lowest BCUT2D eigenvalue weighted by Gasteiger charge is -2.22. The highest BCUT2D eigenvalue weighted by molar-refractivity contribution is 5.31. The van der Waals surface area contributed by atoms with Gasteiger partial charge in [0.15, 0.2) is 0 Å². The lowest BCUT2D eigenvalue weighted by Crippen LogP contribution is -2.36. The van der Waals surface area contributed by atoms with Crippen molar-refractivity contribution >= 4 is 0 Å². The van der Waals surface area contributed by atoms with Gasteiger partial charge < -0.3 is 10.6 Å². The number of nitrogens with one attached hydrogen (secondary N) is 2. The minimum atomic E-state index is 0.278. The van der Waals surface area contributed by atoms with E-state index in [9.17, 15) is 0 Å². The Morgan fingerprint density at radius 3 is 2.05 bits per heavy atom. The van der Waals surface area contributed by atoms with Gasteiger partial charge in [-0.3, -0.25) is 0 Å². The fourth-order valence-corrected chi connectivity index (χ4v) is 2.91. The van der Waals surface area contributed by atoms with Gasteiger partial charge in [0.05, 0.1) is 6.04 Å². The molecule has 2 aromatic rings. The topological polar surface area (TPSA) is 24.1 Å². The molecule has 0 spiro atoms. The highest BCUT2D eigenvalue weighted by Gasteiger charge is 2.18. The van der Waals surface area contributed by atoms with Crippen molar-refractivity contribution in [1.82, 2.24) is 10.6 Å². The number of benzene rings is 2. The monoisotopic (exact) mass is 266 g/mol. The summed E-state index contributed by atoms with van der Waals surface area (Å²) in [5, 5.41) is 7.28.